The van der Waals surface area contributed by atoms with Crippen LogP contribution < -0.4 is 10.2 Å². The third kappa shape index (κ3) is 1.68. The molecule has 0 spiro atoms. The molecule has 0 N–H and O–H groups in total. The molecule has 2 heterocycles. The van der Waals surface area contributed by atoms with Crippen molar-refractivity contribution < 1.29 is 9.15 Å². The maximum atomic E-state index is 11.3. The van der Waals surface area contributed by atoms with Crippen molar-refractivity contribution >= 4 is 11.1 Å². The van der Waals surface area contributed by atoms with Gasteiger partial charge in [-0.3, -0.25) is 4.79 Å². The third-order valence-electron chi connectivity index (χ3n) is 3.38. The largest absolute Gasteiger partial charge is 0.493 e. The van der Waals surface area contributed by atoms with E-state index < -0.39 is 0 Å². The van der Waals surface area contributed by atoms with E-state index >= 15 is 0 Å². The van der Waals surface area contributed by atoms with Crippen LogP contribution in [0.25, 0.3) is 22.6 Å². The molecule has 0 aromatic heterocycles. The molecule has 0 amide bonds. The molecule has 0 saturated carbocycles. The quantitative estimate of drug-likeness (QED) is 0.578. The van der Waals surface area contributed by atoms with Gasteiger partial charge in [-0.15, -0.1) is 0 Å². The van der Waals surface area contributed by atoms with E-state index in [1.165, 1.54) is 17.7 Å². The lowest BCUT2D eigenvalue weighted by Crippen LogP contribution is -2.08. The number of hydrogen-bond donors (Lipinski definition) is 0. The Labute approximate surface area is 109 Å². The summed E-state index contributed by atoms with van der Waals surface area (Å²) in [5, 5.41) is 0. The number of aryl methyl sites for hydroxylation is 1. The van der Waals surface area contributed by atoms with Crippen molar-refractivity contribution in [2.45, 2.75) is 12.8 Å². The first-order valence-electron chi connectivity index (χ1n) is 6.30. The molecule has 1 aliphatic carbocycles. The van der Waals surface area contributed by atoms with Crippen LogP contribution in [0.3, 0.4) is 0 Å². The van der Waals surface area contributed by atoms with Crippen LogP contribution >= 0.6 is 0 Å². The second-order valence-corrected chi connectivity index (χ2v) is 4.72. The van der Waals surface area contributed by atoms with E-state index in [0.29, 0.717) is 17.0 Å². The maximum Gasteiger partial charge on any atom is 0.182 e. The summed E-state index contributed by atoms with van der Waals surface area (Å²) in [6.45, 7) is 0.740. The summed E-state index contributed by atoms with van der Waals surface area (Å²) >= 11 is 0. The molecule has 2 aliphatic heterocycles. The number of rotatable bonds is 0. The normalized spacial score (nSPS) is 14.3. The molecule has 3 aliphatic rings. The molecule has 4 rings (SSSR count). The topological polar surface area (TPSA) is 52.3 Å². The number of benzene rings is 2. The first-order chi connectivity index (χ1) is 9.29. The summed E-state index contributed by atoms with van der Waals surface area (Å²) in [5.41, 5.74) is 3.24. The van der Waals surface area contributed by atoms with Gasteiger partial charge in [0, 0.05) is 12.1 Å². The first-order valence-corrected chi connectivity index (χ1v) is 6.30. The van der Waals surface area contributed by atoms with Gasteiger partial charge in [-0.2, -0.15) is 0 Å². The van der Waals surface area contributed by atoms with E-state index in [-0.39, 0.29) is 5.43 Å². The van der Waals surface area contributed by atoms with Crippen molar-refractivity contribution in [3.63, 3.8) is 0 Å². The van der Waals surface area contributed by atoms with Crippen molar-refractivity contribution in [2.24, 2.45) is 0 Å². The van der Waals surface area contributed by atoms with E-state index in [1.54, 1.807) is 6.07 Å². The zero-order chi connectivity index (χ0) is 12.8. The summed E-state index contributed by atoms with van der Waals surface area (Å²) in [6, 6.07) is 8.53. The molecular formula is C15H11NO3. The average molecular weight is 253 g/mol. The van der Waals surface area contributed by atoms with Gasteiger partial charge in [0.2, 0.25) is 0 Å². The molecule has 94 valence electrons. The van der Waals surface area contributed by atoms with Gasteiger partial charge in [-0.1, -0.05) is 0 Å². The number of nitrogens with zero attached hydrogens (tertiary/aromatic N) is 1. The molecule has 1 aromatic carbocycles. The Morgan fingerprint density at radius 3 is 3.05 bits per heavy atom. The fraction of sp³-hybridized carbons (Fsp3) is 0.200. The molecule has 0 fully saturated rings. The maximum absolute atomic E-state index is 11.3. The van der Waals surface area contributed by atoms with Crippen LogP contribution in [0.5, 0.6) is 5.75 Å². The molecule has 0 bridgehead atoms. The van der Waals surface area contributed by atoms with Gasteiger partial charge in [0.15, 0.2) is 16.8 Å². The van der Waals surface area contributed by atoms with Crippen molar-refractivity contribution in [3.8, 4) is 17.2 Å². The van der Waals surface area contributed by atoms with Crippen LogP contribution in [0.4, 0.5) is 0 Å². The highest BCUT2D eigenvalue weighted by molar-refractivity contribution is 5.79. The van der Waals surface area contributed by atoms with Gasteiger partial charge in [-0.05, 0) is 36.6 Å². The minimum atomic E-state index is -0.0772. The molecular weight excluding hydrogens is 242 g/mol. The van der Waals surface area contributed by atoms with Gasteiger partial charge in [-0.25, -0.2) is 4.98 Å². The highest BCUT2D eigenvalue weighted by atomic mass is 16.5. The number of ether oxygens (including phenoxy) is 1. The predicted molar refractivity (Wildman–Crippen MR) is 70.7 cm³/mol. The summed E-state index contributed by atoms with van der Waals surface area (Å²) in [5.74, 6) is 1.37. The first kappa shape index (κ1) is 10.6. The van der Waals surface area contributed by atoms with Gasteiger partial charge < -0.3 is 9.15 Å². The van der Waals surface area contributed by atoms with E-state index in [9.17, 15) is 4.79 Å². The third-order valence-corrected chi connectivity index (χ3v) is 3.38. The molecule has 19 heavy (non-hydrogen) atoms. The Hall–Kier alpha value is -2.36. The van der Waals surface area contributed by atoms with E-state index in [1.807, 2.05) is 12.1 Å². The second kappa shape index (κ2) is 3.82. The Balaban J connectivity index is 2.05. The van der Waals surface area contributed by atoms with Crippen molar-refractivity contribution in [1.82, 2.24) is 4.98 Å². The lowest BCUT2D eigenvalue weighted by molar-refractivity contribution is 0.288. The van der Waals surface area contributed by atoms with Crippen LogP contribution in [0, 0.1) is 0 Å². The number of hydrogen-bond acceptors (Lipinski definition) is 4. The highest BCUT2D eigenvalue weighted by Crippen LogP contribution is 2.31. The smallest absolute Gasteiger partial charge is 0.182 e. The van der Waals surface area contributed by atoms with Gasteiger partial charge >= 0.3 is 0 Å². The lowest BCUT2D eigenvalue weighted by atomic mass is 10.1. The Kier molecular flexibility index (Phi) is 2.12. The number of aromatic nitrogens is 1. The van der Waals surface area contributed by atoms with E-state index in [4.69, 9.17) is 9.15 Å². The van der Waals surface area contributed by atoms with Crippen LogP contribution in [0.15, 0.2) is 39.5 Å². The fourth-order valence-corrected chi connectivity index (χ4v) is 2.45. The molecule has 0 radical (unpaired) electrons. The second-order valence-electron chi connectivity index (χ2n) is 4.72. The lowest BCUT2D eigenvalue weighted by Gasteiger charge is -2.17. The summed E-state index contributed by atoms with van der Waals surface area (Å²) < 4.78 is 11.4. The standard InChI is InChI=1S/C15H11NO3/c17-10-3-4-11-14(7-10)19-15-8-13-9(2-1-5-18-13)6-12(15)16-11/h3-4,6-8H,1-2,5H2. The van der Waals surface area contributed by atoms with E-state index in [0.717, 1.165) is 30.7 Å². The van der Waals surface area contributed by atoms with Gasteiger partial charge in [0.1, 0.15) is 17.0 Å². The summed E-state index contributed by atoms with van der Waals surface area (Å²) in [7, 11) is 0. The SMILES string of the molecule is O=c1ccc2nc3cc4c(cc3oc-2c1)OCCC4. The minimum Gasteiger partial charge on any atom is -0.493 e. The zero-order valence-electron chi connectivity index (χ0n) is 10.2. The van der Waals surface area contributed by atoms with E-state index in [2.05, 4.69) is 4.98 Å². The zero-order valence-corrected chi connectivity index (χ0v) is 10.2. The van der Waals surface area contributed by atoms with Crippen molar-refractivity contribution in [1.29, 1.82) is 0 Å². The summed E-state index contributed by atoms with van der Waals surface area (Å²) in [6.07, 6.45) is 2.03. The predicted octanol–water partition coefficient (Wildman–Crippen LogP) is 2.62. The molecule has 4 heteroatoms. The van der Waals surface area contributed by atoms with Gasteiger partial charge in [0.05, 0.1) is 6.61 Å². The van der Waals surface area contributed by atoms with Gasteiger partial charge in [0.25, 0.3) is 0 Å². The van der Waals surface area contributed by atoms with Crippen LogP contribution in [-0.2, 0) is 6.42 Å². The molecule has 0 saturated heterocycles. The molecule has 4 nitrogen and oxygen atoms in total. The summed E-state index contributed by atoms with van der Waals surface area (Å²) in [4.78, 5) is 15.9. The average Bonchev–Trinajstić information content (AvgIpc) is 2.43. The molecule has 0 unspecified atom stereocenters. The van der Waals surface area contributed by atoms with Crippen molar-refractivity contribution in [2.75, 3.05) is 6.61 Å². The number of fused-ring (bicyclic) bond motifs is 3. The Morgan fingerprint density at radius 2 is 2.11 bits per heavy atom. The minimum absolute atomic E-state index is 0.0772. The molecule has 0 atom stereocenters. The Morgan fingerprint density at radius 1 is 1.16 bits per heavy atom. The van der Waals surface area contributed by atoms with Crippen LogP contribution in [0.2, 0.25) is 0 Å². The van der Waals surface area contributed by atoms with Crippen molar-refractivity contribution in [3.05, 3.63) is 46.1 Å². The highest BCUT2D eigenvalue weighted by Gasteiger charge is 2.15. The fourth-order valence-electron chi connectivity index (χ4n) is 2.45. The van der Waals surface area contributed by atoms with Crippen LogP contribution in [0.1, 0.15) is 12.0 Å². The van der Waals surface area contributed by atoms with Crippen LogP contribution in [-0.4, -0.2) is 11.6 Å². The monoisotopic (exact) mass is 253 g/mol. The molecule has 1 aromatic rings. The Bertz CT molecular complexity index is 806.